The molecule has 0 aliphatic heterocycles. The summed E-state index contributed by atoms with van der Waals surface area (Å²) in [6, 6.07) is 7.78. The fourth-order valence-corrected chi connectivity index (χ4v) is 2.67. The van der Waals surface area contributed by atoms with Gasteiger partial charge in [0.1, 0.15) is 5.02 Å². The maximum atomic E-state index is 13.8. The van der Waals surface area contributed by atoms with Crippen LogP contribution < -0.4 is 4.74 Å². The number of hydrogen-bond acceptors (Lipinski definition) is 6. The highest BCUT2D eigenvalue weighted by Gasteiger charge is 2.20. The minimum absolute atomic E-state index is 0.0918. The van der Waals surface area contributed by atoms with Crippen molar-refractivity contribution in [2.75, 3.05) is 20.3 Å². The minimum Gasteiger partial charge on any atom is -0.494 e. The second kappa shape index (κ2) is 9.83. The molecule has 0 unspecified atom stereocenters. The smallest absolute Gasteiger partial charge is 0.338 e. The number of amides is 1. The Balaban J connectivity index is 2.01. The number of rotatable bonds is 8. The zero-order valence-corrected chi connectivity index (χ0v) is 16.4. The number of esters is 1. The maximum absolute atomic E-state index is 13.8. The quantitative estimate of drug-likeness (QED) is 0.364. The highest BCUT2D eigenvalue weighted by atomic mass is 35.5. The summed E-state index contributed by atoms with van der Waals surface area (Å²) in [5.74, 6) is -1.86. The van der Waals surface area contributed by atoms with E-state index in [0.717, 1.165) is 6.07 Å². The monoisotopic (exact) mass is 424 g/mol. The molecule has 0 spiro atoms. The number of methoxy groups -OCH3 is 1. The summed E-state index contributed by atoms with van der Waals surface area (Å²) in [4.78, 5) is 36.0. The van der Waals surface area contributed by atoms with E-state index in [1.807, 2.05) is 0 Å². The van der Waals surface area contributed by atoms with Crippen LogP contribution in [-0.4, -0.2) is 42.0 Å². The topological polar surface area (TPSA) is 99.0 Å². The normalized spacial score (nSPS) is 10.3. The lowest BCUT2D eigenvalue weighted by Gasteiger charge is -2.21. The molecule has 29 heavy (non-hydrogen) atoms. The summed E-state index contributed by atoms with van der Waals surface area (Å²) in [7, 11) is 1.35. The van der Waals surface area contributed by atoms with Crippen molar-refractivity contribution in [1.29, 1.82) is 0 Å². The van der Waals surface area contributed by atoms with Gasteiger partial charge in [0, 0.05) is 19.2 Å². The number of likely N-dealkylation sites (N-methyl/N-ethyl adjacent to an activating group) is 1. The molecular formula is C19H18ClFN2O6. The van der Waals surface area contributed by atoms with Crippen LogP contribution in [0.5, 0.6) is 5.75 Å². The van der Waals surface area contributed by atoms with E-state index in [1.165, 1.54) is 36.3 Å². The molecule has 2 rings (SSSR count). The molecule has 0 N–H and O–H groups in total. The lowest BCUT2D eigenvalue weighted by Crippen LogP contribution is -2.34. The molecule has 0 fully saturated rings. The Bertz CT molecular complexity index is 937. The first-order chi connectivity index (χ1) is 13.8. The Morgan fingerprint density at radius 2 is 1.97 bits per heavy atom. The number of halogens is 2. The van der Waals surface area contributed by atoms with Crippen LogP contribution in [0.2, 0.25) is 5.02 Å². The molecule has 0 bridgehead atoms. The van der Waals surface area contributed by atoms with Gasteiger partial charge in [0.2, 0.25) is 0 Å². The van der Waals surface area contributed by atoms with Crippen molar-refractivity contribution in [1.82, 2.24) is 4.90 Å². The summed E-state index contributed by atoms with van der Waals surface area (Å²) < 4.78 is 23.6. The largest absolute Gasteiger partial charge is 0.494 e. The molecule has 154 valence electrons. The zero-order valence-electron chi connectivity index (χ0n) is 15.7. The molecule has 0 saturated carbocycles. The van der Waals surface area contributed by atoms with Crippen molar-refractivity contribution >= 4 is 29.2 Å². The molecule has 0 atom stereocenters. The predicted molar refractivity (Wildman–Crippen MR) is 102 cm³/mol. The number of benzene rings is 2. The van der Waals surface area contributed by atoms with Crippen molar-refractivity contribution in [3.63, 3.8) is 0 Å². The van der Waals surface area contributed by atoms with Gasteiger partial charge in [-0.25, -0.2) is 9.18 Å². The summed E-state index contributed by atoms with van der Waals surface area (Å²) in [6.45, 7) is 1.57. The highest BCUT2D eigenvalue weighted by molar-refractivity contribution is 6.32. The number of nitro groups is 1. The Labute approximate surface area is 170 Å². The van der Waals surface area contributed by atoms with Crippen molar-refractivity contribution < 1.29 is 28.4 Å². The van der Waals surface area contributed by atoms with Gasteiger partial charge in [-0.05, 0) is 36.8 Å². The Hall–Kier alpha value is -3.20. The molecule has 0 aliphatic rings. The van der Waals surface area contributed by atoms with Gasteiger partial charge in [0.05, 0.1) is 17.6 Å². The highest BCUT2D eigenvalue weighted by Crippen LogP contribution is 2.25. The number of nitrogens with zero attached hydrogens (tertiary/aromatic N) is 2. The van der Waals surface area contributed by atoms with E-state index in [0.29, 0.717) is 12.1 Å². The van der Waals surface area contributed by atoms with Gasteiger partial charge in [-0.2, -0.15) is 0 Å². The lowest BCUT2D eigenvalue weighted by molar-refractivity contribution is -0.384. The average Bonchev–Trinajstić information content (AvgIpc) is 2.70. The van der Waals surface area contributed by atoms with Crippen LogP contribution in [0.15, 0.2) is 36.4 Å². The van der Waals surface area contributed by atoms with E-state index >= 15 is 0 Å². The lowest BCUT2D eigenvalue weighted by atomic mass is 10.2. The van der Waals surface area contributed by atoms with Gasteiger partial charge in [-0.1, -0.05) is 17.7 Å². The summed E-state index contributed by atoms with van der Waals surface area (Å²) >= 11 is 5.70. The van der Waals surface area contributed by atoms with E-state index in [-0.39, 0.29) is 22.9 Å². The second-order valence-corrected chi connectivity index (χ2v) is 6.28. The number of ether oxygens (including phenoxy) is 2. The number of carbonyl (C=O) groups is 2. The SMILES string of the molecule is CCN(Cc1ccc(OC)c(F)c1)C(=O)COC(=O)c1ccc(Cl)c([N+](=O)[O-])c1. The van der Waals surface area contributed by atoms with Crippen LogP contribution in [0.4, 0.5) is 10.1 Å². The molecule has 8 nitrogen and oxygen atoms in total. The van der Waals surface area contributed by atoms with E-state index in [1.54, 1.807) is 13.0 Å². The van der Waals surface area contributed by atoms with Crippen molar-refractivity contribution in [2.45, 2.75) is 13.5 Å². The molecule has 0 radical (unpaired) electrons. The Morgan fingerprint density at radius 1 is 1.24 bits per heavy atom. The van der Waals surface area contributed by atoms with E-state index < -0.39 is 34.9 Å². The average molecular weight is 425 g/mol. The number of nitro benzene ring substituents is 1. The fraction of sp³-hybridized carbons (Fsp3) is 0.263. The van der Waals surface area contributed by atoms with Crippen LogP contribution in [0.3, 0.4) is 0 Å². The van der Waals surface area contributed by atoms with Crippen LogP contribution >= 0.6 is 11.6 Å². The third-order valence-electron chi connectivity index (χ3n) is 4.03. The molecule has 0 aromatic heterocycles. The number of carbonyl (C=O) groups excluding carboxylic acids is 2. The number of hydrogen-bond donors (Lipinski definition) is 0. The predicted octanol–water partition coefficient (Wildman–Crippen LogP) is 3.60. The molecular weight excluding hydrogens is 407 g/mol. The van der Waals surface area contributed by atoms with Crippen LogP contribution in [0.25, 0.3) is 0 Å². The molecule has 0 heterocycles. The molecule has 10 heteroatoms. The van der Waals surface area contributed by atoms with E-state index in [2.05, 4.69) is 0 Å². The third kappa shape index (κ3) is 5.64. The van der Waals surface area contributed by atoms with E-state index in [4.69, 9.17) is 21.1 Å². The first kappa shape index (κ1) is 22.1. The first-order valence-electron chi connectivity index (χ1n) is 8.48. The molecule has 0 saturated heterocycles. The van der Waals surface area contributed by atoms with Gasteiger partial charge in [0.15, 0.2) is 18.2 Å². The van der Waals surface area contributed by atoms with Crippen molar-refractivity contribution in [3.8, 4) is 5.75 Å². The molecule has 2 aromatic rings. The minimum atomic E-state index is -0.898. The fourth-order valence-electron chi connectivity index (χ4n) is 2.49. The van der Waals surface area contributed by atoms with Gasteiger partial charge in [-0.3, -0.25) is 14.9 Å². The summed E-state index contributed by atoms with van der Waals surface area (Å²) in [5, 5.41) is 10.8. The standard InChI is InChI=1S/C19H18ClFN2O6/c1-3-22(10-12-4-7-17(28-2)15(21)8-12)18(24)11-29-19(25)13-5-6-14(20)16(9-13)23(26)27/h4-9H,3,10-11H2,1-2H3. The molecule has 2 aromatic carbocycles. The van der Waals surface area contributed by atoms with Gasteiger partial charge in [0.25, 0.3) is 11.6 Å². The van der Waals surface area contributed by atoms with Crippen molar-refractivity contribution in [2.24, 2.45) is 0 Å². The first-order valence-corrected chi connectivity index (χ1v) is 8.85. The maximum Gasteiger partial charge on any atom is 0.338 e. The summed E-state index contributed by atoms with van der Waals surface area (Å²) in [6.07, 6.45) is 0. The molecule has 0 aliphatic carbocycles. The third-order valence-corrected chi connectivity index (χ3v) is 4.35. The van der Waals surface area contributed by atoms with Gasteiger partial charge >= 0.3 is 5.97 Å². The summed E-state index contributed by atoms with van der Waals surface area (Å²) in [5.41, 5.74) is -0.00325. The van der Waals surface area contributed by atoms with Gasteiger partial charge < -0.3 is 14.4 Å². The van der Waals surface area contributed by atoms with E-state index in [9.17, 15) is 24.1 Å². The van der Waals surface area contributed by atoms with Gasteiger partial charge in [-0.15, -0.1) is 0 Å². The second-order valence-electron chi connectivity index (χ2n) is 5.88. The van der Waals surface area contributed by atoms with Crippen LogP contribution in [0.1, 0.15) is 22.8 Å². The van der Waals surface area contributed by atoms with Crippen molar-refractivity contribution in [3.05, 3.63) is 68.5 Å². The zero-order chi connectivity index (χ0) is 21.6. The van der Waals surface area contributed by atoms with Crippen LogP contribution in [-0.2, 0) is 16.1 Å². The van der Waals surface area contributed by atoms with Crippen LogP contribution in [0, 0.1) is 15.9 Å². The Morgan fingerprint density at radius 3 is 2.55 bits per heavy atom. The molecule has 1 amide bonds. The Kier molecular flexibility index (Phi) is 7.49.